The highest BCUT2D eigenvalue weighted by Gasteiger charge is 2.34. The molecule has 1 unspecified atom stereocenters. The molecule has 22 heavy (non-hydrogen) atoms. The van der Waals surface area contributed by atoms with E-state index in [9.17, 15) is 15.1 Å². The fraction of sp³-hybridized carbons (Fsp3) is 0.250. The number of nitrogens with zero attached hydrogens (tertiary/aromatic N) is 1. The summed E-state index contributed by atoms with van der Waals surface area (Å²) in [6.45, 7) is 1.50. The van der Waals surface area contributed by atoms with Crippen LogP contribution in [-0.2, 0) is 4.74 Å². The molecule has 1 atom stereocenters. The highest BCUT2D eigenvalue weighted by molar-refractivity contribution is 6.83. The van der Waals surface area contributed by atoms with Crippen LogP contribution in [-0.4, -0.2) is 30.6 Å². The first-order valence-corrected chi connectivity index (χ1v) is 7.13. The highest BCUT2D eigenvalue weighted by Crippen LogP contribution is 2.32. The van der Waals surface area contributed by atoms with Crippen LogP contribution in [0.4, 0.5) is 5.69 Å². The summed E-state index contributed by atoms with van der Waals surface area (Å²) in [4.78, 5) is 11.0. The molecule has 0 spiro atoms. The first kappa shape index (κ1) is 14.7. The predicted molar refractivity (Wildman–Crippen MR) is 86.1 cm³/mol. The molecule has 0 aromatic heterocycles. The van der Waals surface area contributed by atoms with E-state index in [1.807, 2.05) is 37.3 Å². The van der Waals surface area contributed by atoms with Crippen LogP contribution >= 0.6 is 0 Å². The molecule has 2 aromatic rings. The van der Waals surface area contributed by atoms with Crippen LogP contribution in [0.3, 0.4) is 0 Å². The second-order valence-electron chi connectivity index (χ2n) is 5.60. The van der Waals surface area contributed by atoms with Crippen LogP contribution in [0.5, 0.6) is 0 Å². The molecule has 1 aliphatic heterocycles. The highest BCUT2D eigenvalue weighted by atomic mass is 16.6. The van der Waals surface area contributed by atoms with E-state index < -0.39 is 11.8 Å². The normalized spacial score (nSPS) is 13.7. The fourth-order valence-electron chi connectivity index (χ4n) is 3.12. The first-order valence-electron chi connectivity index (χ1n) is 7.13. The molecule has 0 amide bonds. The molecule has 2 aromatic carbocycles. The third kappa shape index (κ3) is 2.21. The summed E-state index contributed by atoms with van der Waals surface area (Å²) in [7, 11) is 1.58. The summed E-state index contributed by atoms with van der Waals surface area (Å²) in [5, 5.41) is 21.8. The minimum absolute atomic E-state index is 0.0372. The molecule has 0 bridgehead atoms. The van der Waals surface area contributed by atoms with E-state index >= 15 is 0 Å². The van der Waals surface area contributed by atoms with Crippen molar-refractivity contribution < 1.29 is 14.7 Å². The van der Waals surface area contributed by atoms with Crippen molar-refractivity contribution in [2.24, 2.45) is 0 Å². The van der Waals surface area contributed by atoms with Gasteiger partial charge in [0.15, 0.2) is 0 Å². The lowest BCUT2D eigenvalue weighted by Gasteiger charge is -2.13. The summed E-state index contributed by atoms with van der Waals surface area (Å²) in [6, 6.07) is 10.9. The predicted octanol–water partition coefficient (Wildman–Crippen LogP) is 1.42. The van der Waals surface area contributed by atoms with E-state index in [2.05, 4.69) is 0 Å². The molecule has 112 valence electrons. The Morgan fingerprint density at radius 1 is 1.27 bits per heavy atom. The third-order valence-electron chi connectivity index (χ3n) is 4.18. The molecule has 1 heterocycles. The van der Waals surface area contributed by atoms with Gasteiger partial charge >= 0.3 is 6.92 Å². The minimum atomic E-state index is -0.809. The Kier molecular flexibility index (Phi) is 3.72. The number of nitro groups is 1. The molecule has 0 radical (unpaired) electrons. The zero-order valence-electron chi connectivity index (χ0n) is 12.4. The van der Waals surface area contributed by atoms with Crippen molar-refractivity contribution in [3.8, 4) is 11.1 Å². The Bertz CT molecular complexity index is 747. The van der Waals surface area contributed by atoms with Crippen LogP contribution in [0.15, 0.2) is 36.4 Å². The Hall–Kier alpha value is -2.18. The molecule has 6 heteroatoms. The van der Waals surface area contributed by atoms with Crippen molar-refractivity contribution in [1.29, 1.82) is 0 Å². The molecule has 0 saturated carbocycles. The molecule has 0 aliphatic carbocycles. The number of ether oxygens (including phenoxy) is 1. The molecule has 5 nitrogen and oxygen atoms in total. The molecule has 1 N–H and O–H groups in total. The molecule has 0 fully saturated rings. The van der Waals surface area contributed by atoms with E-state index in [0.29, 0.717) is 17.6 Å². The lowest BCUT2D eigenvalue weighted by atomic mass is 9.59. The van der Waals surface area contributed by atoms with Crippen molar-refractivity contribution in [2.75, 3.05) is 13.7 Å². The van der Waals surface area contributed by atoms with Crippen LogP contribution in [0.25, 0.3) is 11.1 Å². The average Bonchev–Trinajstić information content (AvgIpc) is 2.79. The van der Waals surface area contributed by atoms with Gasteiger partial charge in [-0.3, -0.25) is 10.1 Å². The number of methoxy groups -OCH3 is 1. The third-order valence-corrected chi connectivity index (χ3v) is 4.18. The molecule has 3 rings (SSSR count). The van der Waals surface area contributed by atoms with Gasteiger partial charge in [-0.25, -0.2) is 0 Å². The molecular weight excluding hydrogens is 281 g/mol. The van der Waals surface area contributed by atoms with Crippen molar-refractivity contribution in [3.63, 3.8) is 0 Å². The van der Waals surface area contributed by atoms with E-state index in [0.717, 1.165) is 16.6 Å². The number of nitro benzene ring substituents is 1. The smallest absolute Gasteiger partial charge is 0.360 e. The number of fused-ring (bicyclic) bond motifs is 3. The van der Waals surface area contributed by atoms with Crippen molar-refractivity contribution >= 4 is 23.5 Å². The largest absolute Gasteiger partial charge is 0.443 e. The molecule has 1 aliphatic rings. The molecule has 0 saturated heterocycles. The quantitative estimate of drug-likeness (QED) is 0.526. The summed E-state index contributed by atoms with van der Waals surface area (Å²) in [5.41, 5.74) is 3.87. The van der Waals surface area contributed by atoms with Gasteiger partial charge in [-0.1, -0.05) is 31.2 Å². The summed E-state index contributed by atoms with van der Waals surface area (Å²) >= 11 is 0. The van der Waals surface area contributed by atoms with Crippen molar-refractivity contribution in [2.45, 2.75) is 12.8 Å². The summed E-state index contributed by atoms with van der Waals surface area (Å²) in [6.07, 6.45) is 0. The van der Waals surface area contributed by atoms with Crippen molar-refractivity contribution in [1.82, 2.24) is 0 Å². The van der Waals surface area contributed by atoms with Gasteiger partial charge in [-0.05, 0) is 28.1 Å². The number of hydrogen-bond donors (Lipinski definition) is 1. The van der Waals surface area contributed by atoms with Gasteiger partial charge in [0.05, 0.1) is 11.5 Å². The second kappa shape index (κ2) is 5.55. The van der Waals surface area contributed by atoms with Crippen molar-refractivity contribution in [3.05, 3.63) is 52.1 Å². The lowest BCUT2D eigenvalue weighted by molar-refractivity contribution is -0.385. The monoisotopic (exact) mass is 297 g/mol. The minimum Gasteiger partial charge on any atom is -0.443 e. The van der Waals surface area contributed by atoms with Gasteiger partial charge in [0.1, 0.15) is 0 Å². The Labute approximate surface area is 128 Å². The lowest BCUT2D eigenvalue weighted by Crippen LogP contribution is -2.38. The summed E-state index contributed by atoms with van der Waals surface area (Å²) in [5.74, 6) is -0.0967. The van der Waals surface area contributed by atoms with Crippen LogP contribution < -0.4 is 10.9 Å². The van der Waals surface area contributed by atoms with Crippen LogP contribution in [0.1, 0.15) is 18.4 Å². The fourth-order valence-corrected chi connectivity index (χ4v) is 3.12. The Morgan fingerprint density at radius 3 is 2.68 bits per heavy atom. The van der Waals surface area contributed by atoms with Crippen LogP contribution in [0.2, 0.25) is 0 Å². The van der Waals surface area contributed by atoms with Gasteiger partial charge in [-0.15, -0.1) is 0 Å². The molecular formula is C16H16BNO4. The maximum atomic E-state index is 11.4. The zero-order valence-corrected chi connectivity index (χ0v) is 12.4. The van der Waals surface area contributed by atoms with Gasteiger partial charge < -0.3 is 9.76 Å². The van der Waals surface area contributed by atoms with E-state index in [1.54, 1.807) is 7.11 Å². The van der Waals surface area contributed by atoms with E-state index in [-0.39, 0.29) is 11.6 Å². The topological polar surface area (TPSA) is 72.6 Å². The number of hydrogen-bond acceptors (Lipinski definition) is 4. The van der Waals surface area contributed by atoms with Gasteiger partial charge in [-0.2, -0.15) is 0 Å². The van der Waals surface area contributed by atoms with Crippen LogP contribution in [0, 0.1) is 10.1 Å². The second-order valence-corrected chi connectivity index (χ2v) is 5.60. The Balaban J connectivity index is 2.21. The first-order chi connectivity index (χ1) is 10.5. The SMILES string of the molecule is COCC(C)c1cc2c(cc1[N+](=O)[O-])B(O)c1ccccc1-2. The Morgan fingerprint density at radius 2 is 2.00 bits per heavy atom. The van der Waals surface area contributed by atoms with Gasteiger partial charge in [0.25, 0.3) is 5.69 Å². The van der Waals surface area contributed by atoms with E-state index in [1.165, 1.54) is 6.07 Å². The van der Waals surface area contributed by atoms with E-state index in [4.69, 9.17) is 4.74 Å². The zero-order chi connectivity index (χ0) is 15.9. The number of rotatable bonds is 4. The standard InChI is InChI=1S/C16H16BNO4/c1-10(9-22-2)12-7-13-11-5-3-4-6-14(11)17(19)15(13)8-16(12)18(20)21/h3-8,10,19H,9H2,1-2H3. The maximum Gasteiger partial charge on any atom is 0.360 e. The van der Waals surface area contributed by atoms with Gasteiger partial charge in [0.2, 0.25) is 0 Å². The van der Waals surface area contributed by atoms with Gasteiger partial charge in [0, 0.05) is 24.7 Å². The summed E-state index contributed by atoms with van der Waals surface area (Å²) < 4.78 is 5.13. The number of benzene rings is 2. The average molecular weight is 297 g/mol. The maximum absolute atomic E-state index is 11.4.